The lowest BCUT2D eigenvalue weighted by Gasteiger charge is -2.25. The van der Waals surface area contributed by atoms with E-state index in [2.05, 4.69) is 18.5 Å². The van der Waals surface area contributed by atoms with Gasteiger partial charge in [-0.1, -0.05) is 0 Å². The van der Waals surface area contributed by atoms with Crippen LogP contribution in [0.15, 0.2) is 0 Å². The van der Waals surface area contributed by atoms with Gasteiger partial charge in [0.05, 0.1) is 0 Å². The largest absolute Gasteiger partial charge is 0.343 e. The predicted molar refractivity (Wildman–Crippen MR) is 75.4 cm³/mol. The third-order valence-corrected chi connectivity index (χ3v) is 4.37. The van der Waals surface area contributed by atoms with E-state index in [4.69, 9.17) is 0 Å². The van der Waals surface area contributed by atoms with Crippen molar-refractivity contribution in [3.8, 4) is 0 Å². The van der Waals surface area contributed by atoms with Gasteiger partial charge in [-0.25, -0.2) is 0 Å². The summed E-state index contributed by atoms with van der Waals surface area (Å²) in [5, 5.41) is 3.35. The minimum Gasteiger partial charge on any atom is -0.343 e. The second-order valence-electron chi connectivity index (χ2n) is 5.03. The molecule has 0 spiro atoms. The van der Waals surface area contributed by atoms with Crippen LogP contribution in [0.4, 0.5) is 0 Å². The van der Waals surface area contributed by atoms with Crippen molar-refractivity contribution in [2.75, 3.05) is 32.1 Å². The summed E-state index contributed by atoms with van der Waals surface area (Å²) in [6.45, 7) is 4.36. The molecule has 1 aliphatic heterocycles. The molecule has 17 heavy (non-hydrogen) atoms. The average molecular weight is 258 g/mol. The Labute approximate surface area is 110 Å². The number of nitrogens with one attached hydrogen (secondary N) is 1. The Balaban J connectivity index is 2.20. The lowest BCUT2D eigenvalue weighted by molar-refractivity contribution is -0.132. The molecule has 1 aliphatic rings. The molecule has 1 amide bonds. The molecule has 1 saturated heterocycles. The maximum Gasteiger partial charge on any atom is 0.222 e. The second kappa shape index (κ2) is 7.98. The molecule has 100 valence electrons. The maximum atomic E-state index is 12.0. The molecule has 0 saturated carbocycles. The summed E-state index contributed by atoms with van der Waals surface area (Å²) < 4.78 is 0. The summed E-state index contributed by atoms with van der Waals surface area (Å²) in [5.41, 5.74) is 0. The molecule has 3 nitrogen and oxygen atoms in total. The summed E-state index contributed by atoms with van der Waals surface area (Å²) in [7, 11) is 1.94. The first-order valence-corrected chi connectivity index (χ1v) is 7.99. The molecular formula is C13H26N2OS. The molecule has 1 N–H and O–H groups in total. The van der Waals surface area contributed by atoms with Crippen LogP contribution in [0.5, 0.6) is 0 Å². The van der Waals surface area contributed by atoms with Gasteiger partial charge in [-0.05, 0) is 57.2 Å². The van der Waals surface area contributed by atoms with Crippen LogP contribution in [-0.2, 0) is 4.79 Å². The summed E-state index contributed by atoms with van der Waals surface area (Å²) in [5.74, 6) is 2.16. The van der Waals surface area contributed by atoms with Gasteiger partial charge in [0.1, 0.15) is 0 Å². The number of carbonyl (C=O) groups is 1. The molecular weight excluding hydrogens is 232 g/mol. The van der Waals surface area contributed by atoms with Crippen molar-refractivity contribution in [3.63, 3.8) is 0 Å². The topological polar surface area (TPSA) is 32.3 Å². The Kier molecular flexibility index (Phi) is 6.97. The van der Waals surface area contributed by atoms with Crippen molar-refractivity contribution in [3.05, 3.63) is 0 Å². The van der Waals surface area contributed by atoms with Crippen molar-refractivity contribution in [1.82, 2.24) is 10.2 Å². The fraction of sp³-hybridized carbons (Fsp3) is 0.923. The van der Waals surface area contributed by atoms with Gasteiger partial charge in [0.25, 0.3) is 0 Å². The molecule has 4 heteroatoms. The van der Waals surface area contributed by atoms with Crippen LogP contribution in [0.3, 0.4) is 0 Å². The van der Waals surface area contributed by atoms with E-state index in [0.717, 1.165) is 31.7 Å². The number of rotatable bonds is 7. The summed E-state index contributed by atoms with van der Waals surface area (Å²) in [6, 6.07) is 0.372. The SMILES string of the molecule is CSCCC(C)N(C)C(=O)CCC1CCNC1. The van der Waals surface area contributed by atoms with Crippen LogP contribution in [0.25, 0.3) is 0 Å². The van der Waals surface area contributed by atoms with E-state index in [0.29, 0.717) is 24.3 Å². The number of thioether (sulfide) groups is 1. The highest BCUT2D eigenvalue weighted by atomic mass is 32.2. The van der Waals surface area contributed by atoms with E-state index in [1.54, 1.807) is 0 Å². The second-order valence-corrected chi connectivity index (χ2v) is 6.02. The lowest BCUT2D eigenvalue weighted by atomic mass is 10.0. The van der Waals surface area contributed by atoms with E-state index < -0.39 is 0 Å². The van der Waals surface area contributed by atoms with Gasteiger partial charge in [0.15, 0.2) is 0 Å². The monoisotopic (exact) mass is 258 g/mol. The van der Waals surface area contributed by atoms with Gasteiger partial charge < -0.3 is 10.2 Å². The van der Waals surface area contributed by atoms with Gasteiger partial charge in [-0.15, -0.1) is 0 Å². The Morgan fingerprint density at radius 3 is 2.94 bits per heavy atom. The highest BCUT2D eigenvalue weighted by Crippen LogP contribution is 2.16. The smallest absolute Gasteiger partial charge is 0.222 e. The van der Waals surface area contributed by atoms with Crippen LogP contribution in [0.2, 0.25) is 0 Å². The zero-order valence-corrected chi connectivity index (χ0v) is 12.2. The van der Waals surface area contributed by atoms with Crippen LogP contribution in [0.1, 0.15) is 32.6 Å². The van der Waals surface area contributed by atoms with E-state index in [9.17, 15) is 4.79 Å². The first kappa shape index (κ1) is 14.8. The molecule has 1 rings (SSSR count). The number of hydrogen-bond donors (Lipinski definition) is 1. The van der Waals surface area contributed by atoms with Gasteiger partial charge in [0, 0.05) is 19.5 Å². The van der Waals surface area contributed by atoms with Crippen molar-refractivity contribution in [2.24, 2.45) is 5.92 Å². The van der Waals surface area contributed by atoms with E-state index in [-0.39, 0.29) is 0 Å². The quantitative estimate of drug-likeness (QED) is 0.758. The Morgan fingerprint density at radius 1 is 1.59 bits per heavy atom. The molecule has 0 aromatic rings. The molecule has 0 radical (unpaired) electrons. The van der Waals surface area contributed by atoms with Gasteiger partial charge in [-0.2, -0.15) is 11.8 Å². The summed E-state index contributed by atoms with van der Waals surface area (Å²) >= 11 is 1.85. The van der Waals surface area contributed by atoms with Gasteiger partial charge >= 0.3 is 0 Å². The third-order valence-electron chi connectivity index (χ3n) is 3.72. The third kappa shape index (κ3) is 5.30. The van der Waals surface area contributed by atoms with Crippen LogP contribution < -0.4 is 5.32 Å². The normalized spacial score (nSPS) is 21.5. The first-order chi connectivity index (χ1) is 8.15. The van der Waals surface area contributed by atoms with Crippen molar-refractivity contribution < 1.29 is 4.79 Å². The van der Waals surface area contributed by atoms with Crippen molar-refractivity contribution in [1.29, 1.82) is 0 Å². The Morgan fingerprint density at radius 2 is 2.35 bits per heavy atom. The number of amides is 1. The molecule has 1 heterocycles. The molecule has 2 unspecified atom stereocenters. The Hall–Kier alpha value is -0.220. The van der Waals surface area contributed by atoms with Crippen molar-refractivity contribution in [2.45, 2.75) is 38.6 Å². The number of hydrogen-bond acceptors (Lipinski definition) is 3. The average Bonchev–Trinajstić information content (AvgIpc) is 2.85. The van der Waals surface area contributed by atoms with E-state index in [1.807, 2.05) is 23.7 Å². The maximum absolute atomic E-state index is 12.0. The molecule has 0 aromatic heterocycles. The molecule has 1 fully saturated rings. The van der Waals surface area contributed by atoms with Gasteiger partial charge in [-0.3, -0.25) is 4.79 Å². The minimum absolute atomic E-state index is 0.311. The van der Waals surface area contributed by atoms with E-state index >= 15 is 0 Å². The minimum atomic E-state index is 0.311. The predicted octanol–water partition coefficient (Wildman–Crippen LogP) is 1.98. The molecule has 2 atom stereocenters. The van der Waals surface area contributed by atoms with Gasteiger partial charge in [0.2, 0.25) is 5.91 Å². The van der Waals surface area contributed by atoms with Crippen LogP contribution >= 0.6 is 11.8 Å². The lowest BCUT2D eigenvalue weighted by Crippen LogP contribution is -2.35. The fourth-order valence-electron chi connectivity index (χ4n) is 2.19. The van der Waals surface area contributed by atoms with Crippen LogP contribution in [-0.4, -0.2) is 49.0 Å². The van der Waals surface area contributed by atoms with Crippen LogP contribution in [0, 0.1) is 5.92 Å². The highest BCUT2D eigenvalue weighted by Gasteiger charge is 2.19. The summed E-state index contributed by atoms with van der Waals surface area (Å²) in [6.07, 6.45) is 6.20. The standard InChI is InChI=1S/C13H26N2OS/c1-11(7-9-17-3)15(2)13(16)5-4-12-6-8-14-10-12/h11-12,14H,4-10H2,1-3H3. The summed E-state index contributed by atoms with van der Waals surface area (Å²) in [4.78, 5) is 13.9. The highest BCUT2D eigenvalue weighted by molar-refractivity contribution is 7.98. The zero-order chi connectivity index (χ0) is 12.7. The molecule has 0 aromatic carbocycles. The Bertz CT molecular complexity index is 229. The van der Waals surface area contributed by atoms with Crippen molar-refractivity contribution >= 4 is 17.7 Å². The van der Waals surface area contributed by atoms with E-state index in [1.165, 1.54) is 6.42 Å². The number of nitrogens with zero attached hydrogens (tertiary/aromatic N) is 1. The zero-order valence-electron chi connectivity index (χ0n) is 11.4. The first-order valence-electron chi connectivity index (χ1n) is 6.60. The number of carbonyl (C=O) groups excluding carboxylic acids is 1. The molecule has 0 bridgehead atoms. The molecule has 0 aliphatic carbocycles. The fourth-order valence-corrected chi connectivity index (χ4v) is 2.77.